The molecule has 0 amide bonds. The van der Waals surface area contributed by atoms with Gasteiger partial charge in [-0.2, -0.15) is 0 Å². The van der Waals surface area contributed by atoms with Crippen LogP contribution >= 0.6 is 0 Å². The fourth-order valence-electron chi connectivity index (χ4n) is 9.35. The lowest BCUT2D eigenvalue weighted by Gasteiger charge is -2.26. The molecule has 0 fully saturated rings. The zero-order valence-corrected chi connectivity index (χ0v) is 32.8. The Hall–Kier alpha value is -6.78. The molecule has 0 saturated heterocycles. The largest absolute Gasteiger partial charge is 0.342 e. The van der Waals surface area contributed by atoms with Crippen molar-refractivity contribution in [1.29, 1.82) is 0 Å². The highest BCUT2D eigenvalue weighted by Gasteiger charge is 2.24. The quantitative estimate of drug-likeness (QED) is 0.170. The van der Waals surface area contributed by atoms with E-state index >= 15 is 0 Å². The fraction of sp³-hybridized carbons (Fsp3) is 0.115. The number of aryl methyl sites for hydroxylation is 6. The van der Waals surface area contributed by atoms with E-state index in [4.69, 9.17) is 0 Å². The zero-order chi connectivity index (χ0) is 38.2. The van der Waals surface area contributed by atoms with E-state index in [1.165, 1.54) is 76.6 Å². The highest BCUT2D eigenvalue weighted by atomic mass is 15.2. The fourth-order valence-corrected chi connectivity index (χ4v) is 9.35. The summed E-state index contributed by atoms with van der Waals surface area (Å²) >= 11 is 0. The Labute approximate surface area is 328 Å². The molecule has 272 valence electrons. The lowest BCUT2D eigenvalue weighted by Crippen LogP contribution is -2.10. The van der Waals surface area contributed by atoms with Crippen LogP contribution in [0.25, 0.3) is 54.4 Å². The number of hydrogen-bond donors (Lipinski definition) is 0. The number of hydrogen-bond acceptors (Lipinski definition) is 2. The molecule has 4 heteroatoms. The minimum atomic E-state index is 1.13. The van der Waals surface area contributed by atoms with E-state index in [2.05, 4.69) is 218 Å². The van der Waals surface area contributed by atoms with Crippen LogP contribution in [0.4, 0.5) is 34.1 Å². The first-order chi connectivity index (χ1) is 27.2. The van der Waals surface area contributed by atoms with E-state index in [9.17, 15) is 0 Å². The van der Waals surface area contributed by atoms with Gasteiger partial charge in [0.15, 0.2) is 0 Å². The van der Waals surface area contributed by atoms with Gasteiger partial charge in [-0.05, 0) is 134 Å². The Balaban J connectivity index is 1.25. The molecule has 0 radical (unpaired) electrons. The molecule has 0 saturated carbocycles. The smallest absolute Gasteiger partial charge is 0.0742 e. The maximum Gasteiger partial charge on any atom is 0.0742 e. The summed E-state index contributed by atoms with van der Waals surface area (Å²) in [4.78, 5) is 4.77. The van der Waals surface area contributed by atoms with Gasteiger partial charge in [0.1, 0.15) is 0 Å². The summed E-state index contributed by atoms with van der Waals surface area (Å²) in [5, 5.41) is 7.66. The first kappa shape index (κ1) is 33.8. The normalized spacial score (nSPS) is 11.8. The Morgan fingerprint density at radius 2 is 0.679 bits per heavy atom. The molecule has 0 spiro atoms. The van der Waals surface area contributed by atoms with E-state index in [-0.39, 0.29) is 0 Å². The lowest BCUT2D eigenvalue weighted by molar-refractivity contribution is 0.986. The first-order valence-corrected chi connectivity index (χ1v) is 19.5. The molecule has 0 atom stereocenters. The number of para-hydroxylation sites is 2. The van der Waals surface area contributed by atoms with Crippen LogP contribution in [0, 0.1) is 27.7 Å². The SMILES string of the molecule is Cc1cc(C)cc(N(c2ccccc2)c2ccc3c4c5ccccc5c5c6ccc(N(c7ccccc7)c7cc(C)cc(C)c7)cc6n(C)c5c4n(C)c3c2)c1. The van der Waals surface area contributed by atoms with Gasteiger partial charge in [0.25, 0.3) is 0 Å². The van der Waals surface area contributed by atoms with Gasteiger partial charge in [-0.1, -0.05) is 84.9 Å². The van der Waals surface area contributed by atoms with E-state index < -0.39 is 0 Å². The molecule has 0 N–H and O–H groups in total. The number of aromatic nitrogens is 2. The van der Waals surface area contributed by atoms with Gasteiger partial charge in [-0.3, -0.25) is 0 Å². The Morgan fingerprint density at radius 3 is 1.05 bits per heavy atom. The van der Waals surface area contributed by atoms with Crippen LogP contribution in [-0.4, -0.2) is 9.13 Å². The van der Waals surface area contributed by atoms with Gasteiger partial charge in [-0.15, -0.1) is 0 Å². The monoisotopic (exact) mass is 724 g/mol. The minimum Gasteiger partial charge on any atom is -0.342 e. The standard InChI is InChI=1S/C52H44N4/c1-33-25-34(2)28-41(27-33)55(37-15-9-7-10-16-37)39-21-23-45-47(31-39)53(5)51-49(45)43-19-13-14-20-44(43)50-46-24-22-40(32-48(46)54(6)52(50)51)56(38-17-11-8-12-18-38)42-29-35(3)26-36(4)30-42/h7-32H,1-6H3. The van der Waals surface area contributed by atoms with Crippen molar-refractivity contribution >= 4 is 88.5 Å². The zero-order valence-electron chi connectivity index (χ0n) is 32.8. The second-order valence-corrected chi connectivity index (χ2v) is 15.5. The number of benzene rings is 8. The summed E-state index contributed by atoms with van der Waals surface area (Å²) in [5.41, 5.74) is 16.8. The van der Waals surface area contributed by atoms with E-state index in [0.717, 1.165) is 34.1 Å². The molecule has 0 unspecified atom stereocenters. The molecular weight excluding hydrogens is 681 g/mol. The summed E-state index contributed by atoms with van der Waals surface area (Å²) in [6.45, 7) is 8.72. The van der Waals surface area contributed by atoms with Crippen LogP contribution in [0.15, 0.2) is 158 Å². The minimum absolute atomic E-state index is 1.13. The van der Waals surface area contributed by atoms with Gasteiger partial charge < -0.3 is 18.9 Å². The van der Waals surface area contributed by atoms with Crippen molar-refractivity contribution in [3.05, 3.63) is 180 Å². The van der Waals surface area contributed by atoms with Crippen molar-refractivity contribution in [3.63, 3.8) is 0 Å². The Bertz CT molecular complexity index is 2900. The molecule has 2 aromatic heterocycles. The van der Waals surface area contributed by atoms with Gasteiger partial charge in [-0.25, -0.2) is 0 Å². The highest BCUT2D eigenvalue weighted by Crippen LogP contribution is 2.47. The van der Waals surface area contributed by atoms with Crippen molar-refractivity contribution in [1.82, 2.24) is 9.13 Å². The predicted octanol–water partition coefficient (Wildman–Crippen LogP) is 14.3. The van der Waals surface area contributed by atoms with Gasteiger partial charge in [0, 0.05) is 69.8 Å². The van der Waals surface area contributed by atoms with Crippen molar-refractivity contribution in [2.45, 2.75) is 27.7 Å². The molecule has 0 aliphatic rings. The summed E-state index contributed by atoms with van der Waals surface area (Å²) in [5.74, 6) is 0. The maximum absolute atomic E-state index is 2.43. The Kier molecular flexibility index (Phi) is 7.79. The van der Waals surface area contributed by atoms with Crippen molar-refractivity contribution in [3.8, 4) is 0 Å². The second kappa shape index (κ2) is 12.9. The number of anilines is 6. The molecule has 10 rings (SSSR count). The topological polar surface area (TPSA) is 16.3 Å². The van der Waals surface area contributed by atoms with E-state index in [1.807, 2.05) is 0 Å². The average Bonchev–Trinajstić information content (AvgIpc) is 3.65. The van der Waals surface area contributed by atoms with Crippen LogP contribution in [0.3, 0.4) is 0 Å². The second-order valence-electron chi connectivity index (χ2n) is 15.5. The lowest BCUT2D eigenvalue weighted by atomic mass is 9.98. The van der Waals surface area contributed by atoms with Crippen LogP contribution in [-0.2, 0) is 14.1 Å². The van der Waals surface area contributed by atoms with E-state index in [0.29, 0.717) is 0 Å². The first-order valence-electron chi connectivity index (χ1n) is 19.5. The third-order valence-corrected chi connectivity index (χ3v) is 11.5. The van der Waals surface area contributed by atoms with Gasteiger partial charge >= 0.3 is 0 Å². The third kappa shape index (κ3) is 5.28. The van der Waals surface area contributed by atoms with Crippen molar-refractivity contribution in [2.24, 2.45) is 14.1 Å². The Morgan fingerprint density at radius 1 is 0.321 bits per heavy atom. The maximum atomic E-state index is 2.43. The van der Waals surface area contributed by atoms with Crippen molar-refractivity contribution < 1.29 is 0 Å². The molecule has 4 nitrogen and oxygen atoms in total. The number of nitrogens with zero attached hydrogens (tertiary/aromatic N) is 4. The van der Waals surface area contributed by atoms with Crippen LogP contribution < -0.4 is 9.80 Å². The molecule has 56 heavy (non-hydrogen) atoms. The molecule has 0 aliphatic heterocycles. The van der Waals surface area contributed by atoms with Gasteiger partial charge in [0.05, 0.1) is 22.1 Å². The average molecular weight is 725 g/mol. The summed E-state index contributed by atoms with van der Waals surface area (Å²) in [6.07, 6.45) is 0. The molecule has 0 bridgehead atoms. The molecule has 8 aromatic carbocycles. The molecular formula is C52H44N4. The van der Waals surface area contributed by atoms with Crippen molar-refractivity contribution in [2.75, 3.05) is 9.80 Å². The summed E-state index contributed by atoms with van der Waals surface area (Å²) in [6, 6.07) is 58.1. The van der Waals surface area contributed by atoms with E-state index in [1.54, 1.807) is 0 Å². The number of fused-ring (bicyclic) bond motifs is 10. The number of rotatable bonds is 6. The van der Waals surface area contributed by atoms with Gasteiger partial charge in [0.2, 0.25) is 0 Å². The predicted molar refractivity (Wildman–Crippen MR) is 240 cm³/mol. The van der Waals surface area contributed by atoms with Crippen LogP contribution in [0.5, 0.6) is 0 Å². The molecule has 0 aliphatic carbocycles. The van der Waals surface area contributed by atoms with Crippen LogP contribution in [0.2, 0.25) is 0 Å². The molecule has 10 aromatic rings. The van der Waals surface area contributed by atoms with Crippen LogP contribution in [0.1, 0.15) is 22.3 Å². The molecule has 2 heterocycles. The summed E-state index contributed by atoms with van der Waals surface area (Å²) < 4.78 is 4.86. The third-order valence-electron chi connectivity index (χ3n) is 11.5. The summed E-state index contributed by atoms with van der Waals surface area (Å²) in [7, 11) is 4.49. The highest BCUT2D eigenvalue weighted by molar-refractivity contribution is 6.36.